The number of aliphatic carboxylic acids is 1. The monoisotopic (exact) mass is 287 g/mol. The highest BCUT2D eigenvalue weighted by Crippen LogP contribution is 2.32. The lowest BCUT2D eigenvalue weighted by Crippen LogP contribution is -2.42. The van der Waals surface area contributed by atoms with E-state index in [0.29, 0.717) is 0 Å². The third kappa shape index (κ3) is 3.05. The van der Waals surface area contributed by atoms with Crippen molar-refractivity contribution in [2.45, 2.75) is 44.7 Å². The van der Waals surface area contributed by atoms with Crippen molar-refractivity contribution in [1.29, 1.82) is 0 Å². The first kappa shape index (κ1) is 13.8. The van der Waals surface area contributed by atoms with Gasteiger partial charge in [0.1, 0.15) is 6.04 Å². The van der Waals surface area contributed by atoms with Crippen LogP contribution in [0.2, 0.25) is 4.34 Å². The van der Waals surface area contributed by atoms with E-state index in [4.69, 9.17) is 11.6 Å². The maximum absolute atomic E-state index is 11.4. The van der Waals surface area contributed by atoms with Gasteiger partial charge in [0.2, 0.25) is 0 Å². The van der Waals surface area contributed by atoms with E-state index in [-0.39, 0.29) is 12.1 Å². The third-order valence-electron chi connectivity index (χ3n) is 3.65. The highest BCUT2D eigenvalue weighted by Gasteiger charge is 2.31. The maximum Gasteiger partial charge on any atom is 0.320 e. The van der Waals surface area contributed by atoms with Crippen LogP contribution in [-0.4, -0.2) is 28.6 Å². The topological polar surface area (TPSA) is 40.5 Å². The van der Waals surface area contributed by atoms with Crippen molar-refractivity contribution >= 4 is 28.9 Å². The van der Waals surface area contributed by atoms with Gasteiger partial charge in [0, 0.05) is 6.04 Å². The molecule has 0 saturated carbocycles. The van der Waals surface area contributed by atoms with Crippen LogP contribution in [0.5, 0.6) is 0 Å². The molecule has 2 atom stereocenters. The van der Waals surface area contributed by atoms with Gasteiger partial charge in [-0.15, -0.1) is 11.3 Å². The number of likely N-dealkylation sites (tertiary alicyclic amines) is 1. The molecule has 0 spiro atoms. The molecule has 3 nitrogen and oxygen atoms in total. The Kier molecular flexibility index (Phi) is 4.65. The first-order valence-corrected chi connectivity index (χ1v) is 7.58. The number of rotatable bonds is 3. The fraction of sp³-hybridized carbons (Fsp3) is 0.615. The predicted molar refractivity (Wildman–Crippen MR) is 74.3 cm³/mol. The van der Waals surface area contributed by atoms with Crippen LogP contribution in [0.4, 0.5) is 0 Å². The molecule has 1 N–H and O–H groups in total. The number of hydrogen-bond donors (Lipinski definition) is 1. The van der Waals surface area contributed by atoms with Crippen molar-refractivity contribution in [2.75, 3.05) is 6.54 Å². The van der Waals surface area contributed by atoms with Gasteiger partial charge >= 0.3 is 5.97 Å². The SMILES string of the molecule is CC(c1csc(Cl)c1)N1CCCCCC1C(=O)O. The van der Waals surface area contributed by atoms with E-state index in [1.807, 2.05) is 11.4 Å². The number of halogens is 1. The van der Waals surface area contributed by atoms with Crippen LogP contribution >= 0.6 is 22.9 Å². The van der Waals surface area contributed by atoms with Crippen LogP contribution in [-0.2, 0) is 4.79 Å². The van der Waals surface area contributed by atoms with Gasteiger partial charge in [0.25, 0.3) is 0 Å². The van der Waals surface area contributed by atoms with Crippen molar-refractivity contribution in [2.24, 2.45) is 0 Å². The van der Waals surface area contributed by atoms with Crippen LogP contribution in [0.3, 0.4) is 0 Å². The lowest BCUT2D eigenvalue weighted by molar-refractivity contribution is -0.144. The minimum atomic E-state index is -0.704. The number of carboxylic acids is 1. The number of carboxylic acid groups (broad SMARTS) is 1. The molecule has 1 aromatic rings. The standard InChI is InChI=1S/C13H18ClNO2S/c1-9(10-7-12(14)18-8-10)15-6-4-2-3-5-11(15)13(16)17/h7-9,11H,2-6H2,1H3,(H,16,17). The summed E-state index contributed by atoms with van der Waals surface area (Å²) >= 11 is 7.46. The Hall–Kier alpha value is -0.580. The summed E-state index contributed by atoms with van der Waals surface area (Å²) < 4.78 is 0.763. The Morgan fingerprint density at radius 3 is 2.94 bits per heavy atom. The first-order chi connectivity index (χ1) is 8.59. The fourth-order valence-corrected chi connectivity index (χ4v) is 3.57. The maximum atomic E-state index is 11.4. The molecule has 0 aliphatic carbocycles. The molecule has 0 radical (unpaired) electrons. The molecule has 0 aromatic carbocycles. The van der Waals surface area contributed by atoms with E-state index in [0.717, 1.165) is 42.1 Å². The summed E-state index contributed by atoms with van der Waals surface area (Å²) in [5.41, 5.74) is 1.12. The third-order valence-corrected chi connectivity index (χ3v) is 4.76. The second-order valence-corrected chi connectivity index (χ2v) is 6.34. The number of thiophene rings is 1. The molecule has 2 heterocycles. The molecule has 1 fully saturated rings. The molecule has 1 aromatic heterocycles. The van der Waals surface area contributed by atoms with Crippen molar-refractivity contribution in [3.63, 3.8) is 0 Å². The highest BCUT2D eigenvalue weighted by atomic mass is 35.5. The Bertz CT molecular complexity index is 421. The Labute approximate surface area is 116 Å². The molecule has 1 aliphatic rings. The zero-order valence-electron chi connectivity index (χ0n) is 10.4. The van der Waals surface area contributed by atoms with Crippen molar-refractivity contribution in [1.82, 2.24) is 4.90 Å². The zero-order valence-corrected chi connectivity index (χ0v) is 12.0. The minimum Gasteiger partial charge on any atom is -0.480 e. The molecular formula is C13H18ClNO2S. The lowest BCUT2D eigenvalue weighted by Gasteiger charge is -2.32. The second kappa shape index (κ2) is 6.04. The molecule has 0 amide bonds. The number of nitrogens with zero attached hydrogens (tertiary/aromatic N) is 1. The van der Waals surface area contributed by atoms with Crippen LogP contribution in [0.25, 0.3) is 0 Å². The fourth-order valence-electron chi connectivity index (χ4n) is 2.59. The van der Waals surface area contributed by atoms with Gasteiger partial charge in [-0.1, -0.05) is 24.4 Å². The quantitative estimate of drug-likeness (QED) is 0.919. The van der Waals surface area contributed by atoms with Crippen molar-refractivity contribution < 1.29 is 9.90 Å². The Balaban J connectivity index is 2.19. The van der Waals surface area contributed by atoms with Crippen LogP contribution in [0, 0.1) is 0 Å². The van der Waals surface area contributed by atoms with Crippen LogP contribution < -0.4 is 0 Å². The first-order valence-electron chi connectivity index (χ1n) is 6.32. The molecule has 1 saturated heterocycles. The summed E-state index contributed by atoms with van der Waals surface area (Å²) in [6, 6.07) is 1.70. The summed E-state index contributed by atoms with van der Waals surface area (Å²) in [4.78, 5) is 13.5. The van der Waals surface area contributed by atoms with Gasteiger partial charge in [-0.2, -0.15) is 0 Å². The Morgan fingerprint density at radius 1 is 1.56 bits per heavy atom. The van der Waals surface area contributed by atoms with E-state index < -0.39 is 5.97 Å². The van der Waals surface area contributed by atoms with E-state index >= 15 is 0 Å². The van der Waals surface area contributed by atoms with Crippen molar-refractivity contribution in [3.8, 4) is 0 Å². The van der Waals surface area contributed by atoms with Gasteiger partial charge in [0.15, 0.2) is 0 Å². The lowest BCUT2D eigenvalue weighted by atomic mass is 10.1. The molecule has 100 valence electrons. The van der Waals surface area contributed by atoms with E-state index in [1.54, 1.807) is 0 Å². The summed E-state index contributed by atoms with van der Waals surface area (Å²) in [7, 11) is 0. The molecule has 18 heavy (non-hydrogen) atoms. The molecule has 1 aliphatic heterocycles. The van der Waals surface area contributed by atoms with E-state index in [1.165, 1.54) is 11.3 Å². The van der Waals surface area contributed by atoms with Gasteiger partial charge in [-0.05, 0) is 43.3 Å². The van der Waals surface area contributed by atoms with Gasteiger partial charge in [0.05, 0.1) is 4.34 Å². The molecular weight excluding hydrogens is 270 g/mol. The second-order valence-electron chi connectivity index (χ2n) is 4.80. The molecule has 2 rings (SSSR count). The summed E-state index contributed by atoms with van der Waals surface area (Å²) in [6.45, 7) is 2.92. The Morgan fingerprint density at radius 2 is 2.33 bits per heavy atom. The van der Waals surface area contributed by atoms with Crippen LogP contribution in [0.15, 0.2) is 11.4 Å². The van der Waals surface area contributed by atoms with Gasteiger partial charge < -0.3 is 5.11 Å². The highest BCUT2D eigenvalue weighted by molar-refractivity contribution is 7.14. The molecule has 2 unspecified atom stereocenters. The molecule has 5 heteroatoms. The number of carbonyl (C=O) groups is 1. The number of hydrogen-bond acceptors (Lipinski definition) is 3. The summed E-state index contributed by atoms with van der Waals surface area (Å²) in [5, 5.41) is 11.4. The smallest absolute Gasteiger partial charge is 0.320 e. The largest absolute Gasteiger partial charge is 0.480 e. The average Bonchev–Trinajstić information content (AvgIpc) is 2.63. The van der Waals surface area contributed by atoms with E-state index in [2.05, 4.69) is 11.8 Å². The van der Waals surface area contributed by atoms with Gasteiger partial charge in [-0.3, -0.25) is 9.69 Å². The van der Waals surface area contributed by atoms with Crippen molar-refractivity contribution in [3.05, 3.63) is 21.3 Å². The zero-order chi connectivity index (χ0) is 13.1. The van der Waals surface area contributed by atoms with Crippen LogP contribution in [0.1, 0.15) is 44.2 Å². The van der Waals surface area contributed by atoms with E-state index in [9.17, 15) is 9.90 Å². The summed E-state index contributed by atoms with van der Waals surface area (Å²) in [5.74, 6) is -0.704. The minimum absolute atomic E-state index is 0.118. The normalized spacial score (nSPS) is 23.6. The predicted octanol–water partition coefficient (Wildman–Crippen LogP) is 3.79. The van der Waals surface area contributed by atoms with Gasteiger partial charge in [-0.25, -0.2) is 0 Å². The summed E-state index contributed by atoms with van der Waals surface area (Å²) in [6.07, 6.45) is 3.95. The average molecular weight is 288 g/mol. The molecule has 0 bridgehead atoms.